The summed E-state index contributed by atoms with van der Waals surface area (Å²) in [5.41, 5.74) is 0.919. The fourth-order valence-electron chi connectivity index (χ4n) is 1.31. The van der Waals surface area contributed by atoms with E-state index in [1.54, 1.807) is 6.07 Å². The Hall–Kier alpha value is -1.58. The summed E-state index contributed by atoms with van der Waals surface area (Å²) in [5, 5.41) is 8.98. The fourth-order valence-corrected chi connectivity index (χ4v) is 2.06. The van der Waals surface area contributed by atoms with E-state index in [4.69, 9.17) is 16.9 Å². The third kappa shape index (κ3) is 1.64. The Bertz CT molecular complexity index is 712. The van der Waals surface area contributed by atoms with Crippen molar-refractivity contribution < 1.29 is 8.42 Å². The van der Waals surface area contributed by atoms with Crippen LogP contribution in [0.2, 0.25) is 5.02 Å². The number of aromatic nitrogens is 2. The van der Waals surface area contributed by atoms with Crippen molar-refractivity contribution in [3.63, 3.8) is 0 Å². The first kappa shape index (κ1) is 10.9. The molecule has 1 N–H and O–H groups in total. The monoisotopic (exact) mass is 255 g/mol. The molecule has 2 rings (SSSR count). The molecule has 0 unspecified atom stereocenters. The minimum absolute atomic E-state index is 0.165. The molecule has 82 valence electrons. The summed E-state index contributed by atoms with van der Waals surface area (Å²) in [6, 6.07) is 5.00. The first-order valence-electron chi connectivity index (χ1n) is 4.22. The van der Waals surface area contributed by atoms with Crippen molar-refractivity contribution in [3.8, 4) is 6.07 Å². The van der Waals surface area contributed by atoms with Crippen LogP contribution < -0.4 is 0 Å². The Morgan fingerprint density at radius 2 is 2.19 bits per heavy atom. The first-order valence-corrected chi connectivity index (χ1v) is 6.49. The molecule has 0 radical (unpaired) electrons. The van der Waals surface area contributed by atoms with Crippen LogP contribution in [0.25, 0.3) is 11.0 Å². The van der Waals surface area contributed by atoms with E-state index in [1.807, 2.05) is 6.07 Å². The molecule has 0 atom stereocenters. The van der Waals surface area contributed by atoms with Crippen molar-refractivity contribution in [1.82, 2.24) is 9.97 Å². The van der Waals surface area contributed by atoms with Gasteiger partial charge >= 0.3 is 0 Å². The Balaban J connectivity index is 2.88. The lowest BCUT2D eigenvalue weighted by atomic mass is 10.2. The van der Waals surface area contributed by atoms with Crippen LogP contribution >= 0.6 is 11.6 Å². The zero-order valence-corrected chi connectivity index (χ0v) is 9.72. The molecule has 0 aliphatic heterocycles. The minimum Gasteiger partial charge on any atom is -0.329 e. The second-order valence-electron chi connectivity index (χ2n) is 3.24. The zero-order chi connectivity index (χ0) is 11.9. The molecular weight excluding hydrogens is 250 g/mol. The summed E-state index contributed by atoms with van der Waals surface area (Å²) in [6.45, 7) is 0. The van der Waals surface area contributed by atoms with Gasteiger partial charge in [-0.3, -0.25) is 0 Å². The highest BCUT2D eigenvalue weighted by Gasteiger charge is 2.16. The van der Waals surface area contributed by atoms with Crippen LogP contribution in [0.5, 0.6) is 0 Å². The summed E-state index contributed by atoms with van der Waals surface area (Å²) in [4.78, 5) is 6.49. The molecule has 5 nitrogen and oxygen atoms in total. The predicted molar refractivity (Wildman–Crippen MR) is 58.9 cm³/mol. The van der Waals surface area contributed by atoms with Crippen LogP contribution in [0, 0.1) is 11.3 Å². The van der Waals surface area contributed by atoms with Crippen LogP contribution in [0.4, 0.5) is 0 Å². The van der Waals surface area contributed by atoms with Crippen LogP contribution in [0.3, 0.4) is 0 Å². The Kier molecular flexibility index (Phi) is 2.37. The van der Waals surface area contributed by atoms with Gasteiger partial charge in [0, 0.05) is 6.26 Å². The first-order chi connectivity index (χ1) is 7.43. The highest BCUT2D eigenvalue weighted by Crippen LogP contribution is 2.24. The quantitative estimate of drug-likeness (QED) is 0.836. The fraction of sp³-hybridized carbons (Fsp3) is 0.111. The zero-order valence-electron chi connectivity index (χ0n) is 8.15. The Morgan fingerprint density at radius 1 is 1.50 bits per heavy atom. The molecule has 0 bridgehead atoms. The molecule has 2 aromatic rings. The summed E-state index contributed by atoms with van der Waals surface area (Å²) >= 11 is 5.80. The van der Waals surface area contributed by atoms with Crippen LogP contribution in [-0.4, -0.2) is 24.6 Å². The minimum atomic E-state index is -3.42. The molecule has 1 aromatic carbocycles. The second-order valence-corrected chi connectivity index (χ2v) is 5.58. The van der Waals surface area contributed by atoms with Gasteiger partial charge in [-0.15, -0.1) is 0 Å². The van der Waals surface area contributed by atoms with Crippen molar-refractivity contribution in [3.05, 3.63) is 22.7 Å². The van der Waals surface area contributed by atoms with E-state index in [0.29, 0.717) is 5.52 Å². The number of sulfone groups is 1. The highest BCUT2D eigenvalue weighted by atomic mass is 35.5. The molecule has 0 aliphatic carbocycles. The van der Waals surface area contributed by atoms with E-state index < -0.39 is 9.84 Å². The van der Waals surface area contributed by atoms with E-state index >= 15 is 0 Å². The van der Waals surface area contributed by atoms with E-state index in [9.17, 15) is 8.42 Å². The van der Waals surface area contributed by atoms with Gasteiger partial charge in [0.1, 0.15) is 11.6 Å². The number of nitrogens with zero attached hydrogens (tertiary/aromatic N) is 2. The van der Waals surface area contributed by atoms with Gasteiger partial charge in [0.15, 0.2) is 0 Å². The maximum absolute atomic E-state index is 11.3. The molecular formula is C9H6ClN3O2S. The van der Waals surface area contributed by atoms with Gasteiger partial charge in [-0.25, -0.2) is 13.4 Å². The van der Waals surface area contributed by atoms with Crippen molar-refractivity contribution in [2.45, 2.75) is 5.16 Å². The van der Waals surface area contributed by atoms with Crippen molar-refractivity contribution in [2.75, 3.05) is 6.26 Å². The molecule has 0 aliphatic rings. The number of fused-ring (bicyclic) bond motifs is 1. The van der Waals surface area contributed by atoms with Gasteiger partial charge in [-0.1, -0.05) is 11.6 Å². The smallest absolute Gasteiger partial charge is 0.225 e. The molecule has 0 spiro atoms. The number of hydrogen-bond donors (Lipinski definition) is 1. The Labute approximate surface area is 96.6 Å². The summed E-state index contributed by atoms with van der Waals surface area (Å²) < 4.78 is 22.6. The SMILES string of the molecule is CS(=O)(=O)c1nc2c(C#N)c(Cl)ccc2[nH]1. The normalized spacial score (nSPS) is 11.6. The van der Waals surface area contributed by atoms with E-state index in [0.717, 1.165) is 6.26 Å². The van der Waals surface area contributed by atoms with Crippen molar-refractivity contribution >= 4 is 32.5 Å². The van der Waals surface area contributed by atoms with E-state index in [2.05, 4.69) is 9.97 Å². The lowest BCUT2D eigenvalue weighted by molar-refractivity contribution is 0.595. The van der Waals surface area contributed by atoms with Crippen molar-refractivity contribution in [1.29, 1.82) is 5.26 Å². The molecule has 7 heteroatoms. The molecule has 1 aromatic heterocycles. The number of hydrogen-bond acceptors (Lipinski definition) is 4. The average Bonchev–Trinajstić information content (AvgIpc) is 2.60. The number of nitrogens with one attached hydrogen (secondary N) is 1. The van der Waals surface area contributed by atoms with Gasteiger partial charge in [-0.05, 0) is 12.1 Å². The van der Waals surface area contributed by atoms with Gasteiger partial charge in [-0.2, -0.15) is 5.26 Å². The molecule has 0 saturated heterocycles. The summed E-state index contributed by atoms with van der Waals surface area (Å²) in [6.07, 6.45) is 1.04. The number of imidazole rings is 1. The maximum Gasteiger partial charge on any atom is 0.225 e. The third-order valence-corrected chi connectivity index (χ3v) is 3.26. The predicted octanol–water partition coefficient (Wildman–Crippen LogP) is 1.49. The third-order valence-electron chi connectivity index (χ3n) is 2.05. The molecule has 0 fully saturated rings. The van der Waals surface area contributed by atoms with Crippen LogP contribution in [-0.2, 0) is 9.84 Å². The number of halogens is 1. The largest absolute Gasteiger partial charge is 0.329 e. The van der Waals surface area contributed by atoms with Crippen LogP contribution in [0.1, 0.15) is 5.56 Å². The Morgan fingerprint density at radius 3 is 2.75 bits per heavy atom. The summed E-state index contributed by atoms with van der Waals surface area (Å²) in [5.74, 6) is 0. The second kappa shape index (κ2) is 3.47. The molecule has 0 amide bonds. The van der Waals surface area contributed by atoms with E-state index in [-0.39, 0.29) is 21.3 Å². The molecule has 1 heterocycles. The lowest BCUT2D eigenvalue weighted by Crippen LogP contribution is -1.98. The van der Waals surface area contributed by atoms with Gasteiger partial charge < -0.3 is 4.98 Å². The average molecular weight is 256 g/mol. The van der Waals surface area contributed by atoms with E-state index in [1.165, 1.54) is 6.07 Å². The van der Waals surface area contributed by atoms with Gasteiger partial charge in [0.05, 0.1) is 16.1 Å². The number of benzene rings is 1. The topological polar surface area (TPSA) is 86.6 Å². The summed E-state index contributed by atoms with van der Waals surface area (Å²) in [7, 11) is -3.42. The van der Waals surface area contributed by atoms with Crippen LogP contribution in [0.15, 0.2) is 17.3 Å². The number of aromatic amines is 1. The molecule has 0 saturated carbocycles. The standard InChI is InChI=1S/C9H6ClN3O2S/c1-16(14,15)9-12-7-3-2-6(10)5(4-11)8(7)13-9/h2-3H,1H3,(H,12,13). The number of H-pyrrole nitrogens is 1. The number of nitriles is 1. The lowest BCUT2D eigenvalue weighted by Gasteiger charge is -1.93. The number of rotatable bonds is 1. The van der Waals surface area contributed by atoms with Crippen molar-refractivity contribution in [2.24, 2.45) is 0 Å². The molecule has 16 heavy (non-hydrogen) atoms. The maximum atomic E-state index is 11.3. The highest BCUT2D eigenvalue weighted by molar-refractivity contribution is 7.90. The van der Waals surface area contributed by atoms with Gasteiger partial charge in [0.2, 0.25) is 15.0 Å². The van der Waals surface area contributed by atoms with Gasteiger partial charge in [0.25, 0.3) is 0 Å².